The van der Waals surface area contributed by atoms with E-state index in [9.17, 15) is 0 Å². The van der Waals surface area contributed by atoms with Gasteiger partial charge in [0, 0.05) is 45.6 Å². The number of guanidine groups is 1. The molecule has 0 saturated heterocycles. The molecule has 0 saturated carbocycles. The van der Waals surface area contributed by atoms with Gasteiger partial charge in [0.15, 0.2) is 5.96 Å². The van der Waals surface area contributed by atoms with E-state index in [2.05, 4.69) is 55.3 Å². The van der Waals surface area contributed by atoms with Crippen molar-refractivity contribution in [2.24, 2.45) is 17.5 Å². The molecule has 0 amide bonds. The van der Waals surface area contributed by atoms with Gasteiger partial charge in [0.25, 0.3) is 0 Å². The summed E-state index contributed by atoms with van der Waals surface area (Å²) in [4.78, 5) is 4.32. The lowest BCUT2D eigenvalue weighted by Gasteiger charge is -2.30. The summed E-state index contributed by atoms with van der Waals surface area (Å²) in [5.74, 6) is 0.786. The average Bonchev–Trinajstić information content (AvgIpc) is 2.84. The summed E-state index contributed by atoms with van der Waals surface area (Å²) in [7, 11) is 5.56. The normalized spacial score (nSPS) is 13.9. The van der Waals surface area contributed by atoms with E-state index in [0.717, 1.165) is 31.0 Å². The van der Waals surface area contributed by atoms with Crippen LogP contribution in [0.4, 0.5) is 0 Å². The first-order valence-corrected chi connectivity index (χ1v) is 8.79. The lowest BCUT2D eigenvalue weighted by Crippen LogP contribution is -2.45. The number of nitrogens with zero attached hydrogens (tertiary/aromatic N) is 3. The van der Waals surface area contributed by atoms with E-state index < -0.39 is 0 Å². The van der Waals surface area contributed by atoms with Crippen molar-refractivity contribution in [3.05, 3.63) is 17.0 Å². The van der Waals surface area contributed by atoms with Crippen LogP contribution in [-0.2, 0) is 31.2 Å². The van der Waals surface area contributed by atoms with Gasteiger partial charge in [-0.3, -0.25) is 9.67 Å². The minimum absolute atomic E-state index is 0.0781. The molecule has 2 N–H and O–H groups in total. The highest BCUT2D eigenvalue weighted by atomic mass is 16.5. The van der Waals surface area contributed by atoms with Crippen LogP contribution in [0.5, 0.6) is 0 Å². The molecule has 6 heteroatoms. The average molecular weight is 338 g/mol. The second-order valence-electron chi connectivity index (χ2n) is 7.10. The van der Waals surface area contributed by atoms with E-state index in [0.29, 0.717) is 6.54 Å². The van der Waals surface area contributed by atoms with Crippen LogP contribution < -0.4 is 10.6 Å². The molecular weight excluding hydrogens is 302 g/mol. The van der Waals surface area contributed by atoms with Crippen molar-refractivity contribution >= 4 is 5.96 Å². The maximum absolute atomic E-state index is 5.59. The van der Waals surface area contributed by atoms with Crippen LogP contribution in [0.25, 0.3) is 0 Å². The summed E-state index contributed by atoms with van der Waals surface area (Å²) in [5, 5.41) is 11.4. The predicted molar refractivity (Wildman–Crippen MR) is 100 cm³/mol. The van der Waals surface area contributed by atoms with E-state index >= 15 is 0 Å². The Morgan fingerprint density at radius 2 is 1.92 bits per heavy atom. The fourth-order valence-corrected chi connectivity index (χ4v) is 2.92. The second-order valence-corrected chi connectivity index (χ2v) is 7.10. The molecule has 0 fully saturated rings. The van der Waals surface area contributed by atoms with Crippen LogP contribution in [-0.4, -0.2) is 42.5 Å². The summed E-state index contributed by atoms with van der Waals surface area (Å²) in [5.41, 5.74) is 3.79. The molecule has 1 atom stereocenters. The molecule has 1 unspecified atom stereocenters. The number of rotatable bonds is 7. The molecule has 138 valence electrons. The zero-order valence-electron chi connectivity index (χ0n) is 16.7. The Morgan fingerprint density at radius 1 is 1.25 bits per heavy atom. The Labute approximate surface area is 147 Å². The number of aromatic nitrogens is 2. The van der Waals surface area contributed by atoms with E-state index in [1.165, 1.54) is 11.3 Å². The van der Waals surface area contributed by atoms with Crippen molar-refractivity contribution in [1.82, 2.24) is 20.4 Å². The molecule has 0 radical (unpaired) electrons. The lowest BCUT2D eigenvalue weighted by atomic mass is 9.89. The summed E-state index contributed by atoms with van der Waals surface area (Å²) in [6.07, 6.45) is 2.03. The van der Waals surface area contributed by atoms with Crippen LogP contribution in [0.3, 0.4) is 0 Å². The highest BCUT2D eigenvalue weighted by Crippen LogP contribution is 2.21. The van der Waals surface area contributed by atoms with Gasteiger partial charge in [0.2, 0.25) is 0 Å². The van der Waals surface area contributed by atoms with Gasteiger partial charge in [-0.1, -0.05) is 34.6 Å². The van der Waals surface area contributed by atoms with Gasteiger partial charge in [-0.15, -0.1) is 0 Å². The van der Waals surface area contributed by atoms with E-state index in [1.54, 1.807) is 14.2 Å². The van der Waals surface area contributed by atoms with Gasteiger partial charge in [-0.2, -0.15) is 5.10 Å². The highest BCUT2D eigenvalue weighted by molar-refractivity contribution is 5.79. The lowest BCUT2D eigenvalue weighted by molar-refractivity contribution is 0.0205. The van der Waals surface area contributed by atoms with Gasteiger partial charge < -0.3 is 15.4 Å². The third kappa shape index (κ3) is 5.23. The van der Waals surface area contributed by atoms with Crippen molar-refractivity contribution in [3.63, 3.8) is 0 Å². The fraction of sp³-hybridized carbons (Fsp3) is 0.778. The molecule has 0 aliphatic carbocycles. The van der Waals surface area contributed by atoms with Crippen molar-refractivity contribution < 1.29 is 4.74 Å². The first kappa shape index (κ1) is 20.5. The van der Waals surface area contributed by atoms with Crippen LogP contribution in [0.2, 0.25) is 0 Å². The summed E-state index contributed by atoms with van der Waals surface area (Å²) >= 11 is 0. The minimum Gasteiger partial charge on any atom is -0.379 e. The predicted octanol–water partition coefficient (Wildman–Crippen LogP) is 2.27. The van der Waals surface area contributed by atoms with Gasteiger partial charge >= 0.3 is 0 Å². The zero-order chi connectivity index (χ0) is 18.3. The Kier molecular flexibility index (Phi) is 7.73. The first-order valence-electron chi connectivity index (χ1n) is 8.79. The SMILES string of the molecule is CCc1nn(C)c(CC)c1CNC(=NC)NCC(OC)C(C)(C)C. The Hall–Kier alpha value is -1.56. The zero-order valence-corrected chi connectivity index (χ0v) is 16.7. The Morgan fingerprint density at radius 3 is 2.38 bits per heavy atom. The highest BCUT2D eigenvalue weighted by Gasteiger charge is 2.24. The van der Waals surface area contributed by atoms with Crippen LogP contribution in [0.1, 0.15) is 51.6 Å². The van der Waals surface area contributed by atoms with Crippen LogP contribution in [0.15, 0.2) is 4.99 Å². The Balaban J connectivity index is 2.72. The molecule has 24 heavy (non-hydrogen) atoms. The molecule has 1 aromatic rings. The molecule has 1 heterocycles. The van der Waals surface area contributed by atoms with E-state index in [4.69, 9.17) is 4.74 Å². The largest absolute Gasteiger partial charge is 0.379 e. The summed E-state index contributed by atoms with van der Waals surface area (Å²) in [6.45, 7) is 12.3. The molecule has 0 aromatic carbocycles. The quantitative estimate of drug-likeness (QED) is 0.592. The van der Waals surface area contributed by atoms with Gasteiger partial charge in [-0.25, -0.2) is 0 Å². The minimum atomic E-state index is 0.0781. The first-order chi connectivity index (χ1) is 11.3. The topological polar surface area (TPSA) is 63.5 Å². The summed E-state index contributed by atoms with van der Waals surface area (Å²) < 4.78 is 7.58. The van der Waals surface area contributed by atoms with Crippen molar-refractivity contribution in [3.8, 4) is 0 Å². The smallest absolute Gasteiger partial charge is 0.191 e. The number of methoxy groups -OCH3 is 1. The molecule has 0 aliphatic heterocycles. The monoisotopic (exact) mass is 337 g/mol. The van der Waals surface area contributed by atoms with Crippen molar-refractivity contribution in [1.29, 1.82) is 0 Å². The number of nitrogens with one attached hydrogen (secondary N) is 2. The fourth-order valence-electron chi connectivity index (χ4n) is 2.92. The van der Waals surface area contributed by atoms with E-state index in [1.807, 2.05) is 11.7 Å². The van der Waals surface area contributed by atoms with Gasteiger partial charge in [-0.05, 0) is 18.3 Å². The molecule has 1 rings (SSSR count). The third-order valence-electron chi connectivity index (χ3n) is 4.39. The van der Waals surface area contributed by atoms with Crippen LogP contribution in [0, 0.1) is 5.41 Å². The number of aryl methyl sites for hydroxylation is 2. The van der Waals surface area contributed by atoms with E-state index in [-0.39, 0.29) is 11.5 Å². The number of hydrogen-bond donors (Lipinski definition) is 2. The maximum atomic E-state index is 5.59. The molecule has 0 bridgehead atoms. The number of ether oxygens (including phenoxy) is 1. The standard InChI is InChI=1S/C18H35N5O/c1-9-14-13(15(10-2)23(7)22-14)11-20-17(19-6)21-12-16(24-8)18(3,4)5/h16H,9-12H2,1-8H3,(H2,19,20,21). The molecular formula is C18H35N5O. The van der Waals surface area contributed by atoms with Gasteiger partial charge in [0.1, 0.15) is 0 Å². The number of aliphatic imine (C=N–C) groups is 1. The Bertz CT molecular complexity index is 542. The molecule has 0 aliphatic rings. The van der Waals surface area contributed by atoms with Crippen molar-refractivity contribution in [2.45, 2.75) is 60.1 Å². The third-order valence-corrected chi connectivity index (χ3v) is 4.39. The summed E-state index contributed by atoms with van der Waals surface area (Å²) in [6, 6.07) is 0. The molecule has 6 nitrogen and oxygen atoms in total. The molecule has 0 spiro atoms. The maximum Gasteiger partial charge on any atom is 0.191 e. The second kappa shape index (κ2) is 9.06. The number of hydrogen-bond acceptors (Lipinski definition) is 3. The van der Waals surface area contributed by atoms with Gasteiger partial charge in [0.05, 0.1) is 11.8 Å². The van der Waals surface area contributed by atoms with Crippen LogP contribution >= 0.6 is 0 Å². The molecule has 1 aromatic heterocycles. The van der Waals surface area contributed by atoms with Crippen molar-refractivity contribution in [2.75, 3.05) is 20.7 Å².